The Balaban J connectivity index is 3.15. The van der Waals surface area contributed by atoms with Crippen molar-refractivity contribution in [3.05, 3.63) is 22.1 Å². The Morgan fingerprint density at radius 3 is 2.73 bits per heavy atom. The zero-order valence-electron chi connectivity index (χ0n) is 7.43. The fourth-order valence-electron chi connectivity index (χ4n) is 1.00. The van der Waals surface area contributed by atoms with Crippen LogP contribution in [0.15, 0.2) is 11.0 Å². The Bertz CT molecular complexity index is 388. The molecule has 1 aromatic heterocycles. The molecule has 0 spiro atoms. The second kappa shape index (κ2) is 4.30. The van der Waals surface area contributed by atoms with Crippen LogP contribution >= 0.6 is 0 Å². The van der Waals surface area contributed by atoms with E-state index in [-0.39, 0.29) is 13.2 Å². The highest BCUT2D eigenvalue weighted by molar-refractivity contribution is 5.49. The topological polar surface area (TPSA) is 78.0 Å². The lowest BCUT2D eigenvalue weighted by Gasteiger charge is -2.11. The molecule has 0 aliphatic heterocycles. The van der Waals surface area contributed by atoms with Gasteiger partial charge in [0.05, 0.1) is 18.5 Å². The number of nitrogens with one attached hydrogen (secondary N) is 2. The third kappa shape index (κ3) is 2.69. The highest BCUT2D eigenvalue weighted by Crippen LogP contribution is 2.31. The first-order chi connectivity index (χ1) is 6.96. The highest BCUT2D eigenvalue weighted by Gasteiger charge is 2.37. The van der Waals surface area contributed by atoms with Crippen LogP contribution in [-0.2, 0) is 6.18 Å². The highest BCUT2D eigenvalue weighted by atomic mass is 19.4. The van der Waals surface area contributed by atoms with Gasteiger partial charge in [0, 0.05) is 6.54 Å². The van der Waals surface area contributed by atoms with Crippen LogP contribution in [0.1, 0.15) is 5.56 Å². The molecular formula is C7H8F3N3O2. The molecule has 0 unspecified atom stereocenters. The SMILES string of the molecule is O=c1[nH]ncc(NCCO)c1C(F)(F)F. The van der Waals surface area contributed by atoms with E-state index < -0.39 is 23.0 Å². The van der Waals surface area contributed by atoms with E-state index >= 15 is 0 Å². The minimum absolute atomic E-state index is 0.0891. The number of anilines is 1. The number of nitrogens with zero attached hydrogens (tertiary/aromatic N) is 1. The van der Waals surface area contributed by atoms with E-state index in [1.165, 1.54) is 0 Å². The van der Waals surface area contributed by atoms with Crippen molar-refractivity contribution in [1.29, 1.82) is 0 Å². The van der Waals surface area contributed by atoms with E-state index in [0.29, 0.717) is 0 Å². The molecule has 1 rings (SSSR count). The van der Waals surface area contributed by atoms with E-state index in [0.717, 1.165) is 6.20 Å². The van der Waals surface area contributed by atoms with Gasteiger partial charge in [-0.25, -0.2) is 5.10 Å². The zero-order chi connectivity index (χ0) is 11.5. The maximum Gasteiger partial charge on any atom is 0.423 e. The molecule has 1 aromatic rings. The van der Waals surface area contributed by atoms with E-state index in [2.05, 4.69) is 10.4 Å². The lowest BCUT2D eigenvalue weighted by atomic mass is 10.2. The summed E-state index contributed by atoms with van der Waals surface area (Å²) in [4.78, 5) is 10.9. The Morgan fingerprint density at radius 2 is 2.20 bits per heavy atom. The number of aliphatic hydroxyl groups excluding tert-OH is 1. The first kappa shape index (κ1) is 11.5. The molecule has 0 atom stereocenters. The van der Waals surface area contributed by atoms with Crippen molar-refractivity contribution in [3.63, 3.8) is 0 Å². The number of hydrogen-bond acceptors (Lipinski definition) is 4. The Hall–Kier alpha value is -1.57. The van der Waals surface area contributed by atoms with Crippen molar-refractivity contribution in [3.8, 4) is 0 Å². The lowest BCUT2D eigenvalue weighted by Crippen LogP contribution is -2.25. The fraction of sp³-hybridized carbons (Fsp3) is 0.429. The van der Waals surface area contributed by atoms with Gasteiger partial charge < -0.3 is 10.4 Å². The average molecular weight is 223 g/mol. The predicted octanol–water partition coefficient (Wildman–Crippen LogP) is 0.193. The van der Waals surface area contributed by atoms with Crippen LogP contribution in [0.25, 0.3) is 0 Å². The van der Waals surface area contributed by atoms with Crippen molar-refractivity contribution in [1.82, 2.24) is 10.2 Å². The van der Waals surface area contributed by atoms with Crippen molar-refractivity contribution < 1.29 is 18.3 Å². The molecule has 5 nitrogen and oxygen atoms in total. The Kier molecular flexibility index (Phi) is 3.30. The summed E-state index contributed by atoms with van der Waals surface area (Å²) < 4.78 is 37.2. The third-order valence-electron chi connectivity index (χ3n) is 1.57. The number of aromatic nitrogens is 2. The number of halogens is 3. The summed E-state index contributed by atoms with van der Waals surface area (Å²) in [7, 11) is 0. The first-order valence-corrected chi connectivity index (χ1v) is 3.96. The maximum absolute atomic E-state index is 12.4. The molecular weight excluding hydrogens is 215 g/mol. The van der Waals surface area contributed by atoms with Gasteiger partial charge in [-0.1, -0.05) is 0 Å². The zero-order valence-corrected chi connectivity index (χ0v) is 7.43. The van der Waals surface area contributed by atoms with Crippen LogP contribution in [0, 0.1) is 0 Å². The minimum atomic E-state index is -4.76. The quantitative estimate of drug-likeness (QED) is 0.683. The second-order valence-electron chi connectivity index (χ2n) is 2.64. The fourth-order valence-corrected chi connectivity index (χ4v) is 1.00. The van der Waals surface area contributed by atoms with Gasteiger partial charge in [0.1, 0.15) is 5.56 Å². The maximum atomic E-state index is 12.4. The van der Waals surface area contributed by atoms with Crippen LogP contribution < -0.4 is 10.9 Å². The molecule has 0 bridgehead atoms. The van der Waals surface area contributed by atoms with Crippen LogP contribution in [0.4, 0.5) is 18.9 Å². The molecule has 0 amide bonds. The number of hydrogen-bond donors (Lipinski definition) is 3. The summed E-state index contributed by atoms with van der Waals surface area (Å²) in [5, 5.41) is 15.6. The molecule has 0 aliphatic carbocycles. The van der Waals surface area contributed by atoms with E-state index in [4.69, 9.17) is 5.11 Å². The van der Waals surface area contributed by atoms with Crippen LogP contribution in [0.2, 0.25) is 0 Å². The van der Waals surface area contributed by atoms with Crippen LogP contribution in [-0.4, -0.2) is 28.5 Å². The molecule has 3 N–H and O–H groups in total. The van der Waals surface area contributed by atoms with E-state index in [1.807, 2.05) is 0 Å². The molecule has 15 heavy (non-hydrogen) atoms. The number of aromatic amines is 1. The van der Waals surface area contributed by atoms with E-state index in [9.17, 15) is 18.0 Å². The molecule has 0 radical (unpaired) electrons. The van der Waals surface area contributed by atoms with Crippen molar-refractivity contribution in [2.45, 2.75) is 6.18 Å². The normalized spacial score (nSPS) is 11.5. The summed E-state index contributed by atoms with van der Waals surface area (Å²) in [6, 6.07) is 0. The lowest BCUT2D eigenvalue weighted by molar-refractivity contribution is -0.138. The number of alkyl halides is 3. The summed E-state index contributed by atoms with van der Waals surface area (Å²) in [5.74, 6) is 0. The summed E-state index contributed by atoms with van der Waals surface area (Å²) >= 11 is 0. The summed E-state index contributed by atoms with van der Waals surface area (Å²) in [6.07, 6.45) is -3.91. The molecule has 0 fully saturated rings. The standard InChI is InChI=1S/C7H8F3N3O2/c8-7(9,10)5-4(11-1-2-14)3-12-13-6(5)15/h3,14H,1-2H2,(H2,11,13,15). The van der Waals surface area contributed by atoms with Crippen LogP contribution in [0.5, 0.6) is 0 Å². The van der Waals surface area contributed by atoms with Gasteiger partial charge in [0.15, 0.2) is 0 Å². The smallest absolute Gasteiger partial charge is 0.395 e. The number of aliphatic hydroxyl groups is 1. The molecule has 1 heterocycles. The van der Waals surface area contributed by atoms with Gasteiger partial charge in [-0.3, -0.25) is 4.79 Å². The van der Waals surface area contributed by atoms with Gasteiger partial charge in [-0.2, -0.15) is 18.3 Å². The molecule has 8 heteroatoms. The summed E-state index contributed by atoms with van der Waals surface area (Å²) in [5.41, 5.74) is -3.10. The average Bonchev–Trinajstić information content (AvgIpc) is 2.12. The van der Waals surface area contributed by atoms with Crippen molar-refractivity contribution >= 4 is 5.69 Å². The Morgan fingerprint density at radius 1 is 1.53 bits per heavy atom. The van der Waals surface area contributed by atoms with E-state index in [1.54, 1.807) is 5.10 Å². The van der Waals surface area contributed by atoms with Gasteiger partial charge in [0.25, 0.3) is 5.56 Å². The minimum Gasteiger partial charge on any atom is -0.395 e. The molecule has 0 aliphatic rings. The van der Waals surface area contributed by atoms with Crippen molar-refractivity contribution in [2.24, 2.45) is 0 Å². The number of rotatable bonds is 3. The molecule has 0 saturated heterocycles. The van der Waals surface area contributed by atoms with Gasteiger partial charge in [-0.15, -0.1) is 0 Å². The third-order valence-corrected chi connectivity index (χ3v) is 1.57. The Labute approximate surface area is 81.9 Å². The molecule has 0 aromatic carbocycles. The second-order valence-corrected chi connectivity index (χ2v) is 2.64. The molecule has 84 valence electrons. The predicted molar refractivity (Wildman–Crippen MR) is 45.4 cm³/mol. The van der Waals surface area contributed by atoms with Gasteiger partial charge >= 0.3 is 6.18 Å². The van der Waals surface area contributed by atoms with Gasteiger partial charge in [-0.05, 0) is 0 Å². The first-order valence-electron chi connectivity index (χ1n) is 3.96. The largest absolute Gasteiger partial charge is 0.423 e. The van der Waals surface area contributed by atoms with Crippen molar-refractivity contribution in [2.75, 3.05) is 18.5 Å². The monoisotopic (exact) mass is 223 g/mol. The molecule has 0 saturated carbocycles. The van der Waals surface area contributed by atoms with Gasteiger partial charge in [0.2, 0.25) is 0 Å². The number of H-pyrrole nitrogens is 1. The summed E-state index contributed by atoms with van der Waals surface area (Å²) in [6.45, 7) is -0.432. The van der Waals surface area contributed by atoms with Crippen LogP contribution in [0.3, 0.4) is 0 Å².